The van der Waals surface area contributed by atoms with Gasteiger partial charge in [-0.1, -0.05) is 6.92 Å². The minimum atomic E-state index is -0.131. The molecule has 0 radical (unpaired) electrons. The first-order chi connectivity index (χ1) is 10.2. The molecule has 1 atom stereocenters. The standard InChI is InChI=1S/C16H29N3O2/c1-4-8-17-14(13-15-18-9-10-19(15)3)16(21-5-2)6-11-20-12-7-16/h9-10,14,17H,4-8,11-13H2,1-3H3. The van der Waals surface area contributed by atoms with E-state index in [2.05, 4.69) is 35.8 Å². The number of rotatable bonds is 8. The summed E-state index contributed by atoms with van der Waals surface area (Å²) in [5.74, 6) is 1.11. The highest BCUT2D eigenvalue weighted by Gasteiger charge is 2.41. The lowest BCUT2D eigenvalue weighted by Gasteiger charge is -2.43. The molecule has 1 aromatic rings. The van der Waals surface area contributed by atoms with E-state index in [1.807, 2.05) is 12.4 Å². The summed E-state index contributed by atoms with van der Waals surface area (Å²) in [6.45, 7) is 7.59. The molecule has 0 bridgehead atoms. The molecule has 1 fully saturated rings. The summed E-state index contributed by atoms with van der Waals surface area (Å²) in [6.07, 6.45) is 7.78. The summed E-state index contributed by atoms with van der Waals surface area (Å²) >= 11 is 0. The zero-order valence-electron chi connectivity index (χ0n) is 13.6. The lowest BCUT2D eigenvalue weighted by atomic mass is 9.83. The molecule has 1 N–H and O–H groups in total. The molecule has 120 valence electrons. The predicted octanol–water partition coefficient (Wildman–Crippen LogP) is 1.92. The first-order valence-electron chi connectivity index (χ1n) is 8.13. The molecule has 5 nitrogen and oxygen atoms in total. The molecule has 1 aliphatic heterocycles. The molecule has 0 aromatic carbocycles. The van der Waals surface area contributed by atoms with Crippen LogP contribution in [0.2, 0.25) is 0 Å². The molecule has 0 spiro atoms. The third-order valence-corrected chi connectivity index (χ3v) is 4.35. The van der Waals surface area contributed by atoms with Crippen molar-refractivity contribution in [1.29, 1.82) is 0 Å². The quantitative estimate of drug-likeness (QED) is 0.796. The van der Waals surface area contributed by atoms with E-state index in [1.165, 1.54) is 0 Å². The lowest BCUT2D eigenvalue weighted by molar-refractivity contribution is -0.126. The van der Waals surface area contributed by atoms with E-state index < -0.39 is 0 Å². The number of hydrogen-bond acceptors (Lipinski definition) is 4. The lowest BCUT2D eigenvalue weighted by Crippen LogP contribution is -2.57. The third-order valence-electron chi connectivity index (χ3n) is 4.35. The highest BCUT2D eigenvalue weighted by atomic mass is 16.5. The molecule has 0 amide bonds. The highest BCUT2D eigenvalue weighted by molar-refractivity contribution is 5.03. The van der Waals surface area contributed by atoms with Crippen LogP contribution in [-0.4, -0.2) is 47.6 Å². The van der Waals surface area contributed by atoms with E-state index in [0.717, 1.165) is 57.9 Å². The molecule has 1 aromatic heterocycles. The summed E-state index contributed by atoms with van der Waals surface area (Å²) in [4.78, 5) is 4.49. The Morgan fingerprint density at radius 3 is 2.76 bits per heavy atom. The van der Waals surface area contributed by atoms with Crippen LogP contribution in [-0.2, 0) is 22.9 Å². The third kappa shape index (κ3) is 4.05. The van der Waals surface area contributed by atoms with Crippen molar-refractivity contribution < 1.29 is 9.47 Å². The molecule has 1 aliphatic rings. The van der Waals surface area contributed by atoms with Gasteiger partial charge in [-0.25, -0.2) is 4.98 Å². The molecular formula is C16H29N3O2. The molecular weight excluding hydrogens is 266 g/mol. The molecule has 2 rings (SSSR count). The van der Waals surface area contributed by atoms with E-state index in [4.69, 9.17) is 9.47 Å². The van der Waals surface area contributed by atoms with Crippen molar-refractivity contribution in [3.63, 3.8) is 0 Å². The second-order valence-corrected chi connectivity index (χ2v) is 5.78. The topological polar surface area (TPSA) is 48.3 Å². The minimum Gasteiger partial charge on any atom is -0.381 e. The van der Waals surface area contributed by atoms with Crippen molar-refractivity contribution >= 4 is 0 Å². The number of aromatic nitrogens is 2. The largest absolute Gasteiger partial charge is 0.381 e. The Labute approximate surface area is 128 Å². The Kier molecular flexibility index (Phi) is 6.21. The van der Waals surface area contributed by atoms with Gasteiger partial charge in [0.05, 0.1) is 5.60 Å². The summed E-state index contributed by atoms with van der Waals surface area (Å²) in [6, 6.07) is 0.280. The number of aryl methyl sites for hydroxylation is 1. The van der Waals surface area contributed by atoms with Crippen molar-refractivity contribution in [2.45, 2.75) is 51.2 Å². The average molecular weight is 295 g/mol. The first-order valence-corrected chi connectivity index (χ1v) is 8.13. The van der Waals surface area contributed by atoms with Crippen LogP contribution in [0.4, 0.5) is 0 Å². The molecule has 5 heteroatoms. The van der Waals surface area contributed by atoms with Crippen LogP contribution in [0.25, 0.3) is 0 Å². The molecule has 1 unspecified atom stereocenters. The van der Waals surface area contributed by atoms with Crippen LogP contribution in [0.15, 0.2) is 12.4 Å². The molecule has 2 heterocycles. The summed E-state index contributed by atoms with van der Waals surface area (Å²) < 4.78 is 13.9. The fourth-order valence-electron chi connectivity index (χ4n) is 3.14. The monoisotopic (exact) mass is 295 g/mol. The zero-order chi connectivity index (χ0) is 15.1. The first kappa shape index (κ1) is 16.5. The SMILES string of the molecule is CCCNC(Cc1nccn1C)C1(OCC)CCOCC1. The fraction of sp³-hybridized carbons (Fsp3) is 0.812. The smallest absolute Gasteiger partial charge is 0.110 e. The van der Waals surface area contributed by atoms with Gasteiger partial charge in [0.1, 0.15) is 5.82 Å². The van der Waals surface area contributed by atoms with Gasteiger partial charge in [0.25, 0.3) is 0 Å². The Bertz CT molecular complexity index is 408. The normalized spacial score (nSPS) is 19.6. The molecule has 0 saturated carbocycles. The van der Waals surface area contributed by atoms with Crippen LogP contribution in [0.3, 0.4) is 0 Å². The van der Waals surface area contributed by atoms with Crippen molar-refractivity contribution in [3.05, 3.63) is 18.2 Å². The van der Waals surface area contributed by atoms with Gasteiger partial charge in [-0.2, -0.15) is 0 Å². The summed E-state index contributed by atoms with van der Waals surface area (Å²) in [7, 11) is 2.05. The molecule has 0 aliphatic carbocycles. The average Bonchev–Trinajstić information content (AvgIpc) is 2.90. The van der Waals surface area contributed by atoms with E-state index in [0.29, 0.717) is 0 Å². The molecule has 21 heavy (non-hydrogen) atoms. The highest BCUT2D eigenvalue weighted by Crippen LogP contribution is 2.30. The van der Waals surface area contributed by atoms with Gasteiger partial charge in [0.15, 0.2) is 0 Å². The maximum Gasteiger partial charge on any atom is 0.110 e. The van der Waals surface area contributed by atoms with E-state index in [9.17, 15) is 0 Å². The van der Waals surface area contributed by atoms with Gasteiger partial charge in [-0.15, -0.1) is 0 Å². The van der Waals surface area contributed by atoms with Crippen molar-refractivity contribution in [2.75, 3.05) is 26.4 Å². The van der Waals surface area contributed by atoms with E-state index >= 15 is 0 Å². The predicted molar refractivity (Wildman–Crippen MR) is 83.4 cm³/mol. The maximum atomic E-state index is 6.24. The Hall–Kier alpha value is -0.910. The number of ether oxygens (including phenoxy) is 2. The van der Waals surface area contributed by atoms with Gasteiger partial charge in [0, 0.05) is 64.6 Å². The summed E-state index contributed by atoms with van der Waals surface area (Å²) in [5, 5.41) is 3.70. The van der Waals surface area contributed by atoms with Crippen molar-refractivity contribution in [1.82, 2.24) is 14.9 Å². The van der Waals surface area contributed by atoms with Crippen LogP contribution < -0.4 is 5.32 Å². The Morgan fingerprint density at radius 1 is 1.43 bits per heavy atom. The second-order valence-electron chi connectivity index (χ2n) is 5.78. The van der Waals surface area contributed by atoms with Crippen molar-refractivity contribution in [2.24, 2.45) is 7.05 Å². The van der Waals surface area contributed by atoms with E-state index in [1.54, 1.807) is 0 Å². The van der Waals surface area contributed by atoms with E-state index in [-0.39, 0.29) is 11.6 Å². The number of hydrogen-bond donors (Lipinski definition) is 1. The Morgan fingerprint density at radius 2 is 2.19 bits per heavy atom. The van der Waals surface area contributed by atoms with Gasteiger partial charge < -0.3 is 19.4 Å². The number of imidazole rings is 1. The summed E-state index contributed by atoms with van der Waals surface area (Å²) in [5.41, 5.74) is -0.131. The minimum absolute atomic E-state index is 0.131. The zero-order valence-corrected chi connectivity index (χ0v) is 13.6. The van der Waals surface area contributed by atoms with Gasteiger partial charge in [-0.05, 0) is 19.9 Å². The number of nitrogens with zero attached hydrogens (tertiary/aromatic N) is 2. The Balaban J connectivity index is 2.17. The molecule has 1 saturated heterocycles. The van der Waals surface area contributed by atoms with Gasteiger partial charge >= 0.3 is 0 Å². The fourth-order valence-corrected chi connectivity index (χ4v) is 3.14. The van der Waals surface area contributed by atoms with Gasteiger partial charge in [-0.3, -0.25) is 0 Å². The van der Waals surface area contributed by atoms with Crippen LogP contribution in [0.5, 0.6) is 0 Å². The van der Waals surface area contributed by atoms with Crippen LogP contribution in [0.1, 0.15) is 38.9 Å². The van der Waals surface area contributed by atoms with Crippen LogP contribution >= 0.6 is 0 Å². The van der Waals surface area contributed by atoms with Crippen molar-refractivity contribution in [3.8, 4) is 0 Å². The van der Waals surface area contributed by atoms with Crippen LogP contribution in [0, 0.1) is 0 Å². The second kappa shape index (κ2) is 7.92. The maximum absolute atomic E-state index is 6.24. The number of nitrogens with one attached hydrogen (secondary N) is 1. The van der Waals surface area contributed by atoms with Gasteiger partial charge in [0.2, 0.25) is 0 Å².